The van der Waals surface area contributed by atoms with Gasteiger partial charge in [-0.15, -0.1) is 0 Å². The number of carbonyl (C=O) groups excluding carboxylic acids is 1. The number of benzene rings is 2. The van der Waals surface area contributed by atoms with Crippen LogP contribution in [0.25, 0.3) is 22.0 Å². The molecule has 2 N–H and O–H groups in total. The number of hydrogen-bond donors (Lipinski definition) is 2. The van der Waals surface area contributed by atoms with E-state index in [4.69, 9.17) is 0 Å². The summed E-state index contributed by atoms with van der Waals surface area (Å²) in [6, 6.07) is 14.7. The van der Waals surface area contributed by atoms with E-state index >= 15 is 0 Å². The number of amides is 1. The number of fused-ring (bicyclic) bond motifs is 1. The number of carbonyl (C=O) groups is 1. The fourth-order valence-corrected chi connectivity index (χ4v) is 2.28. The zero-order chi connectivity index (χ0) is 14.8. The van der Waals surface area contributed by atoms with E-state index in [0.717, 1.165) is 10.9 Å². The molecule has 0 aliphatic rings. The first kappa shape index (κ1) is 13.1. The van der Waals surface area contributed by atoms with E-state index in [1.54, 1.807) is 12.1 Å². The van der Waals surface area contributed by atoms with Gasteiger partial charge in [0.15, 0.2) is 0 Å². The van der Waals surface area contributed by atoms with E-state index in [0.29, 0.717) is 16.8 Å². The van der Waals surface area contributed by atoms with Crippen molar-refractivity contribution in [2.75, 3.05) is 5.32 Å². The predicted molar refractivity (Wildman–Crippen MR) is 82.1 cm³/mol. The van der Waals surface area contributed by atoms with Crippen LogP contribution in [0.2, 0.25) is 0 Å². The monoisotopic (exact) mass is 279 g/mol. The number of anilines is 1. The second-order valence-electron chi connectivity index (χ2n) is 4.71. The van der Waals surface area contributed by atoms with Gasteiger partial charge in [-0.25, -0.2) is 5.10 Å². The van der Waals surface area contributed by atoms with Crippen LogP contribution in [-0.2, 0) is 4.79 Å². The number of nitrogens with one attached hydrogen (secondary N) is 2. The summed E-state index contributed by atoms with van der Waals surface area (Å²) in [4.78, 5) is 22.9. The van der Waals surface area contributed by atoms with Crippen LogP contribution in [0, 0.1) is 0 Å². The molecule has 0 bridgehead atoms. The van der Waals surface area contributed by atoms with Crippen molar-refractivity contribution in [3.63, 3.8) is 0 Å². The molecular formula is C16H13N3O2. The standard InChI is InChI=1S/C16H13N3O2/c1-10(20)17-12-6-4-5-11(9-12)15-13-7-2-3-8-14(13)16(21)19-18-15/h2-9H,1H3,(H,17,20)(H,19,21). The van der Waals surface area contributed by atoms with Gasteiger partial charge in [-0.05, 0) is 18.2 Å². The number of aromatic nitrogens is 2. The van der Waals surface area contributed by atoms with E-state index in [1.807, 2.05) is 36.4 Å². The molecule has 3 rings (SSSR count). The maximum Gasteiger partial charge on any atom is 0.272 e. The Kier molecular flexibility index (Phi) is 3.23. The Balaban J connectivity index is 2.19. The molecule has 0 saturated heterocycles. The van der Waals surface area contributed by atoms with Gasteiger partial charge >= 0.3 is 0 Å². The summed E-state index contributed by atoms with van der Waals surface area (Å²) in [5, 5.41) is 10.8. The molecule has 0 spiro atoms. The van der Waals surface area contributed by atoms with Crippen LogP contribution in [0.3, 0.4) is 0 Å². The summed E-state index contributed by atoms with van der Waals surface area (Å²) in [6.07, 6.45) is 0. The first-order valence-electron chi connectivity index (χ1n) is 6.50. The number of aromatic amines is 1. The van der Waals surface area contributed by atoms with E-state index < -0.39 is 0 Å². The Hall–Kier alpha value is -2.95. The second kappa shape index (κ2) is 5.20. The number of nitrogens with zero attached hydrogens (tertiary/aromatic N) is 1. The van der Waals surface area contributed by atoms with Gasteiger partial charge in [0.05, 0.1) is 11.1 Å². The maximum absolute atomic E-state index is 11.8. The predicted octanol–water partition coefficient (Wildman–Crippen LogP) is 2.55. The second-order valence-corrected chi connectivity index (χ2v) is 4.71. The highest BCUT2D eigenvalue weighted by molar-refractivity contribution is 5.95. The zero-order valence-corrected chi connectivity index (χ0v) is 11.4. The molecule has 1 heterocycles. The van der Waals surface area contributed by atoms with Crippen LogP contribution in [0.5, 0.6) is 0 Å². The topological polar surface area (TPSA) is 74.8 Å². The molecule has 0 aliphatic carbocycles. The fourth-order valence-electron chi connectivity index (χ4n) is 2.28. The van der Waals surface area contributed by atoms with Crippen LogP contribution < -0.4 is 10.9 Å². The fraction of sp³-hybridized carbons (Fsp3) is 0.0625. The van der Waals surface area contributed by atoms with Crippen molar-refractivity contribution in [2.45, 2.75) is 6.92 Å². The van der Waals surface area contributed by atoms with Crippen molar-refractivity contribution in [3.05, 3.63) is 58.9 Å². The van der Waals surface area contributed by atoms with Crippen molar-refractivity contribution in [3.8, 4) is 11.3 Å². The number of hydrogen-bond acceptors (Lipinski definition) is 3. The third-order valence-electron chi connectivity index (χ3n) is 3.15. The lowest BCUT2D eigenvalue weighted by atomic mass is 10.0. The van der Waals surface area contributed by atoms with Crippen molar-refractivity contribution >= 4 is 22.4 Å². The summed E-state index contributed by atoms with van der Waals surface area (Å²) in [5.41, 5.74) is 1.98. The Morgan fingerprint density at radius 2 is 1.86 bits per heavy atom. The largest absolute Gasteiger partial charge is 0.326 e. The van der Waals surface area contributed by atoms with E-state index in [2.05, 4.69) is 15.5 Å². The quantitative estimate of drug-likeness (QED) is 0.757. The highest BCUT2D eigenvalue weighted by atomic mass is 16.1. The van der Waals surface area contributed by atoms with Gasteiger partial charge in [-0.2, -0.15) is 5.10 Å². The minimum absolute atomic E-state index is 0.133. The van der Waals surface area contributed by atoms with Gasteiger partial charge in [0.1, 0.15) is 0 Å². The molecule has 0 aliphatic heterocycles. The molecule has 1 amide bonds. The van der Waals surface area contributed by atoms with E-state index in [1.165, 1.54) is 6.92 Å². The summed E-state index contributed by atoms with van der Waals surface area (Å²) < 4.78 is 0. The van der Waals surface area contributed by atoms with Gasteiger partial charge in [0.25, 0.3) is 5.56 Å². The molecule has 104 valence electrons. The molecule has 0 unspecified atom stereocenters. The summed E-state index contributed by atoms with van der Waals surface area (Å²) in [7, 11) is 0. The SMILES string of the molecule is CC(=O)Nc1cccc(-c2n[nH]c(=O)c3ccccc23)c1. The molecule has 1 aromatic heterocycles. The third-order valence-corrected chi connectivity index (χ3v) is 3.15. The average Bonchev–Trinajstić information content (AvgIpc) is 2.47. The molecule has 0 radical (unpaired) electrons. The Bertz CT molecular complexity index is 884. The molecule has 3 aromatic rings. The van der Waals surface area contributed by atoms with Crippen molar-refractivity contribution in [2.24, 2.45) is 0 Å². The lowest BCUT2D eigenvalue weighted by molar-refractivity contribution is -0.114. The van der Waals surface area contributed by atoms with E-state index in [9.17, 15) is 9.59 Å². The first-order chi connectivity index (χ1) is 10.1. The van der Waals surface area contributed by atoms with Crippen LogP contribution in [0.1, 0.15) is 6.92 Å². The Morgan fingerprint density at radius 3 is 2.62 bits per heavy atom. The Morgan fingerprint density at radius 1 is 1.10 bits per heavy atom. The van der Waals surface area contributed by atoms with Crippen LogP contribution in [0.15, 0.2) is 53.3 Å². The molecular weight excluding hydrogens is 266 g/mol. The lowest BCUT2D eigenvalue weighted by Gasteiger charge is -2.07. The smallest absolute Gasteiger partial charge is 0.272 e. The van der Waals surface area contributed by atoms with E-state index in [-0.39, 0.29) is 11.5 Å². The maximum atomic E-state index is 11.8. The minimum Gasteiger partial charge on any atom is -0.326 e. The molecule has 21 heavy (non-hydrogen) atoms. The summed E-state index contributed by atoms with van der Waals surface area (Å²) in [6.45, 7) is 1.46. The summed E-state index contributed by atoms with van der Waals surface area (Å²) >= 11 is 0. The van der Waals surface area contributed by atoms with Crippen LogP contribution >= 0.6 is 0 Å². The zero-order valence-electron chi connectivity index (χ0n) is 11.4. The lowest BCUT2D eigenvalue weighted by Crippen LogP contribution is -2.09. The molecule has 5 nitrogen and oxygen atoms in total. The van der Waals surface area contributed by atoms with Gasteiger partial charge in [0.2, 0.25) is 5.91 Å². The van der Waals surface area contributed by atoms with Gasteiger partial charge in [-0.1, -0.05) is 30.3 Å². The first-order valence-corrected chi connectivity index (χ1v) is 6.50. The van der Waals surface area contributed by atoms with Gasteiger partial charge in [0, 0.05) is 23.6 Å². The highest BCUT2D eigenvalue weighted by Crippen LogP contribution is 2.26. The normalized spacial score (nSPS) is 10.5. The molecule has 0 atom stereocenters. The molecule has 5 heteroatoms. The van der Waals surface area contributed by atoms with Gasteiger partial charge < -0.3 is 5.32 Å². The van der Waals surface area contributed by atoms with Crippen LogP contribution in [-0.4, -0.2) is 16.1 Å². The highest BCUT2D eigenvalue weighted by Gasteiger charge is 2.08. The van der Waals surface area contributed by atoms with Crippen molar-refractivity contribution in [1.29, 1.82) is 0 Å². The van der Waals surface area contributed by atoms with Gasteiger partial charge in [-0.3, -0.25) is 9.59 Å². The van der Waals surface area contributed by atoms with Crippen molar-refractivity contribution in [1.82, 2.24) is 10.2 Å². The Labute approximate surface area is 120 Å². The summed E-state index contributed by atoms with van der Waals surface area (Å²) in [5.74, 6) is -0.133. The minimum atomic E-state index is -0.215. The molecule has 2 aromatic carbocycles. The number of rotatable bonds is 2. The van der Waals surface area contributed by atoms with Crippen molar-refractivity contribution < 1.29 is 4.79 Å². The average molecular weight is 279 g/mol. The molecule has 0 fully saturated rings. The number of H-pyrrole nitrogens is 1. The third kappa shape index (κ3) is 2.53. The molecule has 0 saturated carbocycles. The van der Waals surface area contributed by atoms with Crippen LogP contribution in [0.4, 0.5) is 5.69 Å².